The predicted molar refractivity (Wildman–Crippen MR) is 115 cm³/mol. The Bertz CT molecular complexity index is 907. The number of nitrogens with zero attached hydrogens (tertiary/aromatic N) is 2. The number of phenols is 1. The Labute approximate surface area is 186 Å². The van der Waals surface area contributed by atoms with E-state index >= 15 is 0 Å². The Morgan fingerprint density at radius 2 is 1.67 bits per heavy atom. The lowest BCUT2D eigenvalue weighted by Gasteiger charge is -2.10. The number of rotatable bonds is 6. The number of hydrogen-bond donors (Lipinski definition) is 2. The highest BCUT2D eigenvalue weighted by Crippen LogP contribution is 2.33. The fourth-order valence-corrected chi connectivity index (χ4v) is 3.22. The summed E-state index contributed by atoms with van der Waals surface area (Å²) in [4.78, 5) is 9.20. The third-order valence-electron chi connectivity index (χ3n) is 3.39. The zero-order chi connectivity index (χ0) is 22.0. The topological polar surface area (TPSA) is 55.2 Å². The lowest BCUT2D eigenvalue weighted by molar-refractivity contribution is -0.134. The molecule has 2 aromatic carbocycles. The molecular weight excluding hydrogens is 457 g/mol. The van der Waals surface area contributed by atoms with E-state index in [-0.39, 0.29) is 18.2 Å². The van der Waals surface area contributed by atoms with Crippen molar-refractivity contribution in [1.29, 1.82) is 0 Å². The second-order valence-corrected chi connectivity index (χ2v) is 7.84. The van der Waals surface area contributed by atoms with Crippen LogP contribution in [0, 0.1) is 0 Å². The molecule has 0 atom stereocenters. The minimum Gasteiger partial charge on any atom is -0.507 e. The van der Waals surface area contributed by atoms with Crippen molar-refractivity contribution in [2.24, 2.45) is 0 Å². The lowest BCUT2D eigenvalue weighted by Crippen LogP contribution is -2.06. The molecule has 0 aliphatic carbocycles. The van der Waals surface area contributed by atoms with E-state index in [2.05, 4.69) is 22.6 Å². The Morgan fingerprint density at radius 1 is 1.03 bits per heavy atom. The van der Waals surface area contributed by atoms with Crippen LogP contribution in [-0.2, 0) is 0 Å². The molecule has 3 rings (SSSR count). The van der Waals surface area contributed by atoms with E-state index in [1.165, 1.54) is 24.2 Å². The zero-order valence-electron chi connectivity index (χ0n) is 15.5. The van der Waals surface area contributed by atoms with Crippen LogP contribution in [0.15, 0.2) is 70.7 Å². The average molecular weight is 475 g/mol. The summed E-state index contributed by atoms with van der Waals surface area (Å²) in [5.74, 6) is 1.08. The van der Waals surface area contributed by atoms with Crippen LogP contribution in [0.3, 0.4) is 0 Å². The van der Waals surface area contributed by atoms with Gasteiger partial charge in [0.2, 0.25) is 0 Å². The molecule has 30 heavy (non-hydrogen) atoms. The number of hydrogen-bond acceptors (Lipinski definition) is 6. The monoisotopic (exact) mass is 474 g/mol. The summed E-state index contributed by atoms with van der Waals surface area (Å²) in [5.41, 5.74) is 0. The summed E-state index contributed by atoms with van der Waals surface area (Å²) in [6.45, 7) is 0. The number of thioether (sulfide) groups is 1. The van der Waals surface area contributed by atoms with E-state index in [0.717, 1.165) is 4.90 Å². The minimum atomic E-state index is -4.12. The molecule has 0 unspecified atom stereocenters. The van der Waals surface area contributed by atoms with Crippen molar-refractivity contribution in [2.45, 2.75) is 28.8 Å². The van der Waals surface area contributed by atoms with Crippen molar-refractivity contribution in [3.8, 4) is 17.5 Å². The van der Waals surface area contributed by atoms with Gasteiger partial charge in [-0.05, 0) is 36.4 Å². The molecule has 1 N–H and O–H groups in total. The fraction of sp³-hybridized carbons (Fsp3) is 0.200. The number of alkyl halides is 3. The van der Waals surface area contributed by atoms with Crippen LogP contribution in [0.25, 0.3) is 0 Å². The minimum absolute atomic E-state index is 0.0555. The van der Waals surface area contributed by atoms with Crippen molar-refractivity contribution >= 4 is 36.0 Å². The van der Waals surface area contributed by atoms with E-state index < -0.39 is 12.6 Å². The molecule has 0 spiro atoms. The molecule has 0 bridgehead atoms. The summed E-state index contributed by atoms with van der Waals surface area (Å²) < 4.78 is 41.9. The van der Waals surface area contributed by atoms with Gasteiger partial charge in [0.25, 0.3) is 0 Å². The van der Waals surface area contributed by atoms with Crippen LogP contribution in [0.1, 0.15) is 12.8 Å². The first-order chi connectivity index (χ1) is 14.2. The van der Waals surface area contributed by atoms with Gasteiger partial charge in [-0.2, -0.15) is 13.2 Å². The number of para-hydroxylation sites is 2. The molecule has 1 aromatic heterocycles. The van der Waals surface area contributed by atoms with Gasteiger partial charge >= 0.3 is 12.2 Å². The van der Waals surface area contributed by atoms with Gasteiger partial charge in [-0.25, -0.2) is 9.97 Å². The Balaban J connectivity index is 0.000000335. The molecule has 0 radical (unpaired) electrons. The third-order valence-corrected chi connectivity index (χ3v) is 5.11. The number of ether oxygens (including phenoxy) is 1. The van der Waals surface area contributed by atoms with Crippen LogP contribution in [0.5, 0.6) is 17.5 Å². The smallest absolute Gasteiger partial charge is 0.389 e. The van der Waals surface area contributed by atoms with E-state index in [9.17, 15) is 13.2 Å². The van der Waals surface area contributed by atoms with Crippen molar-refractivity contribution in [1.82, 2.24) is 9.97 Å². The summed E-state index contributed by atoms with van der Waals surface area (Å²) in [6, 6.07) is 14.1. The van der Waals surface area contributed by atoms with E-state index in [1.54, 1.807) is 42.5 Å². The first-order valence-corrected chi connectivity index (χ1v) is 10.5. The third kappa shape index (κ3) is 9.15. The fourth-order valence-electron chi connectivity index (χ4n) is 2.02. The van der Waals surface area contributed by atoms with E-state index in [1.807, 2.05) is 6.07 Å². The van der Waals surface area contributed by atoms with Gasteiger partial charge in [0, 0.05) is 11.3 Å². The summed E-state index contributed by atoms with van der Waals surface area (Å²) >= 11 is 10.9. The predicted octanol–water partition coefficient (Wildman–Crippen LogP) is 7.04. The Kier molecular flexibility index (Phi) is 9.61. The molecule has 0 amide bonds. The van der Waals surface area contributed by atoms with Gasteiger partial charge in [-0.15, -0.1) is 24.4 Å². The van der Waals surface area contributed by atoms with Gasteiger partial charge in [0.1, 0.15) is 11.5 Å². The highest BCUT2D eigenvalue weighted by molar-refractivity contribution is 7.99. The number of halogens is 4. The summed E-state index contributed by atoms with van der Waals surface area (Å²) in [7, 11) is 0. The second-order valence-electron chi connectivity index (χ2n) is 5.79. The van der Waals surface area contributed by atoms with Crippen molar-refractivity contribution in [2.75, 3.05) is 5.75 Å². The van der Waals surface area contributed by atoms with Crippen LogP contribution < -0.4 is 4.74 Å². The normalized spacial score (nSPS) is 10.8. The van der Waals surface area contributed by atoms with Crippen molar-refractivity contribution < 1.29 is 23.0 Å². The average Bonchev–Trinajstić information content (AvgIpc) is 2.70. The first kappa shape index (κ1) is 24.2. The van der Waals surface area contributed by atoms with Gasteiger partial charge in [0.15, 0.2) is 0 Å². The maximum Gasteiger partial charge on any atom is 0.389 e. The molecular formula is C20H18ClF3N2O2S2. The van der Waals surface area contributed by atoms with Crippen molar-refractivity contribution in [3.63, 3.8) is 0 Å². The van der Waals surface area contributed by atoms with Gasteiger partial charge in [-0.3, -0.25) is 0 Å². The Hall–Kier alpha value is -2.10. The number of phenolic OH excluding ortho intramolecular Hbond substituents is 1. The van der Waals surface area contributed by atoms with Crippen LogP contribution >= 0.6 is 36.0 Å². The molecule has 3 aromatic rings. The number of aromatic nitrogens is 2. The standard InChI is InChI=1S/C14H12ClF3N2OS.C6H6OS/c15-10-8-19-13(20-9-10)21-11-4-1-2-5-12(11)22-7-3-6-14(16,17)18;7-5-3-1-2-4-6(5)8/h1-2,4-5,8-9H,3,6-7H2;1-4,7-8H. The maximum absolute atomic E-state index is 12.1. The SMILES string of the molecule is FC(F)(F)CCCSc1ccccc1Oc1ncc(Cl)cn1.Oc1ccccc1S. The van der Waals surface area contributed by atoms with Crippen LogP contribution in [-0.4, -0.2) is 27.0 Å². The number of thiol groups is 1. The number of benzene rings is 2. The quantitative estimate of drug-likeness (QED) is 0.228. The molecule has 0 aliphatic heterocycles. The van der Waals surface area contributed by atoms with Gasteiger partial charge < -0.3 is 9.84 Å². The highest BCUT2D eigenvalue weighted by Gasteiger charge is 2.26. The molecule has 4 nitrogen and oxygen atoms in total. The van der Waals surface area contributed by atoms with Gasteiger partial charge in [0.05, 0.1) is 22.3 Å². The summed E-state index contributed by atoms with van der Waals surface area (Å²) in [6.07, 6.45) is -2.04. The second kappa shape index (κ2) is 11.9. The molecule has 10 heteroatoms. The molecule has 0 saturated heterocycles. The zero-order valence-corrected chi connectivity index (χ0v) is 18.0. The van der Waals surface area contributed by atoms with Crippen molar-refractivity contribution in [3.05, 3.63) is 65.9 Å². The first-order valence-electron chi connectivity index (χ1n) is 8.65. The van der Waals surface area contributed by atoms with Crippen LogP contribution in [0.4, 0.5) is 13.2 Å². The molecule has 0 fully saturated rings. The maximum atomic E-state index is 12.1. The van der Waals surface area contributed by atoms with E-state index in [4.69, 9.17) is 21.4 Å². The molecule has 160 valence electrons. The Morgan fingerprint density at radius 3 is 2.27 bits per heavy atom. The highest BCUT2D eigenvalue weighted by atomic mass is 35.5. The largest absolute Gasteiger partial charge is 0.507 e. The molecule has 0 aliphatic rings. The molecule has 1 heterocycles. The van der Waals surface area contributed by atoms with Crippen LogP contribution in [0.2, 0.25) is 5.02 Å². The number of aromatic hydroxyl groups is 1. The van der Waals surface area contributed by atoms with Gasteiger partial charge in [-0.1, -0.05) is 35.9 Å². The van der Waals surface area contributed by atoms with E-state index in [0.29, 0.717) is 21.4 Å². The lowest BCUT2D eigenvalue weighted by atomic mass is 10.3. The summed E-state index contributed by atoms with van der Waals surface area (Å²) in [5, 5.41) is 9.23. The molecule has 0 saturated carbocycles.